The first-order valence-corrected chi connectivity index (χ1v) is 10.7. The second kappa shape index (κ2) is 8.12. The molecule has 142 valence electrons. The molecule has 0 saturated carbocycles. The Labute approximate surface area is 170 Å². The van der Waals surface area contributed by atoms with Crippen LogP contribution in [0.1, 0.15) is 35.8 Å². The van der Waals surface area contributed by atoms with Crippen LogP contribution in [0.15, 0.2) is 35.5 Å². The number of nitriles is 1. The maximum atomic E-state index is 12.8. The van der Waals surface area contributed by atoms with Gasteiger partial charge < -0.3 is 5.32 Å². The third kappa shape index (κ3) is 3.66. The first kappa shape index (κ1) is 18.7. The van der Waals surface area contributed by atoms with E-state index in [9.17, 15) is 10.1 Å². The highest BCUT2D eigenvalue weighted by atomic mass is 32.2. The van der Waals surface area contributed by atoms with Crippen molar-refractivity contribution in [2.45, 2.75) is 43.0 Å². The largest absolute Gasteiger partial charge is 0.316 e. The average Bonchev–Trinajstić information content (AvgIpc) is 3.32. The van der Waals surface area contributed by atoms with Crippen molar-refractivity contribution in [3.8, 4) is 11.8 Å². The van der Waals surface area contributed by atoms with Crippen LogP contribution in [0.3, 0.4) is 0 Å². The van der Waals surface area contributed by atoms with E-state index >= 15 is 0 Å². The SMILES string of the molecule is C[C@H](Sc1nnnn1-c1ccccc1)C(=O)Nc1sc2c(c1C#N)CCCC2. The van der Waals surface area contributed by atoms with E-state index < -0.39 is 5.25 Å². The van der Waals surface area contributed by atoms with Crippen molar-refractivity contribution in [3.05, 3.63) is 46.3 Å². The maximum Gasteiger partial charge on any atom is 0.238 e. The summed E-state index contributed by atoms with van der Waals surface area (Å²) in [6.45, 7) is 1.81. The lowest BCUT2D eigenvalue weighted by atomic mass is 9.96. The summed E-state index contributed by atoms with van der Waals surface area (Å²) < 4.78 is 1.61. The number of tetrazole rings is 1. The molecule has 1 aromatic carbocycles. The number of rotatable bonds is 5. The Morgan fingerprint density at radius 2 is 2.11 bits per heavy atom. The number of benzene rings is 1. The van der Waals surface area contributed by atoms with E-state index in [0.29, 0.717) is 15.7 Å². The molecule has 1 amide bonds. The van der Waals surface area contributed by atoms with Crippen molar-refractivity contribution < 1.29 is 4.79 Å². The number of hydrogen-bond donors (Lipinski definition) is 1. The van der Waals surface area contributed by atoms with E-state index in [1.165, 1.54) is 28.0 Å². The molecule has 1 atom stereocenters. The lowest BCUT2D eigenvalue weighted by molar-refractivity contribution is -0.115. The molecule has 7 nitrogen and oxygen atoms in total. The molecule has 0 saturated heterocycles. The standard InChI is InChI=1S/C19H18N6OS2/c1-12(27-19-22-23-24-25(19)13-7-3-2-4-8-13)17(26)21-18-15(11-20)14-9-5-6-10-16(14)28-18/h2-4,7-8,12H,5-6,9-10H2,1H3,(H,21,26)/t12-/m0/s1. The molecule has 9 heteroatoms. The smallest absolute Gasteiger partial charge is 0.238 e. The molecule has 0 bridgehead atoms. The first-order valence-electron chi connectivity index (χ1n) is 9.03. The maximum absolute atomic E-state index is 12.8. The quantitative estimate of drug-likeness (QED) is 0.646. The number of hydrogen-bond acceptors (Lipinski definition) is 7. The zero-order chi connectivity index (χ0) is 19.5. The summed E-state index contributed by atoms with van der Waals surface area (Å²) in [5.74, 6) is -0.164. The Balaban J connectivity index is 1.49. The number of amides is 1. The van der Waals surface area contributed by atoms with Crippen LogP contribution in [-0.4, -0.2) is 31.4 Å². The number of thioether (sulfide) groups is 1. The van der Waals surface area contributed by atoms with Gasteiger partial charge in [-0.25, -0.2) is 0 Å². The van der Waals surface area contributed by atoms with Crippen molar-refractivity contribution in [3.63, 3.8) is 0 Å². The van der Waals surface area contributed by atoms with Crippen molar-refractivity contribution in [2.75, 3.05) is 5.32 Å². The fourth-order valence-electron chi connectivity index (χ4n) is 3.18. The Hall–Kier alpha value is -2.70. The van der Waals surface area contributed by atoms with E-state index in [0.717, 1.165) is 36.9 Å². The van der Waals surface area contributed by atoms with Gasteiger partial charge in [0.2, 0.25) is 11.1 Å². The predicted octanol–water partition coefficient (Wildman–Crippen LogP) is 3.59. The lowest BCUT2D eigenvalue weighted by Gasteiger charge is -2.11. The molecule has 0 fully saturated rings. The summed E-state index contributed by atoms with van der Waals surface area (Å²) in [6.07, 6.45) is 4.14. The molecule has 0 spiro atoms. The molecular weight excluding hydrogens is 392 g/mol. The Bertz CT molecular complexity index is 1040. The molecule has 1 N–H and O–H groups in total. The minimum Gasteiger partial charge on any atom is -0.316 e. The molecular formula is C19H18N6OS2. The van der Waals surface area contributed by atoms with Gasteiger partial charge in [0, 0.05) is 4.88 Å². The molecule has 1 aliphatic rings. The van der Waals surface area contributed by atoms with Crippen LogP contribution in [-0.2, 0) is 17.6 Å². The number of carbonyl (C=O) groups is 1. The highest BCUT2D eigenvalue weighted by Gasteiger charge is 2.24. The molecule has 2 aromatic heterocycles. The van der Waals surface area contributed by atoms with Gasteiger partial charge in [-0.15, -0.1) is 16.4 Å². The van der Waals surface area contributed by atoms with Crippen molar-refractivity contribution >= 4 is 34.0 Å². The minimum atomic E-state index is -0.417. The van der Waals surface area contributed by atoms with Crippen molar-refractivity contribution in [1.29, 1.82) is 5.26 Å². The predicted molar refractivity (Wildman–Crippen MR) is 109 cm³/mol. The number of para-hydroxylation sites is 1. The highest BCUT2D eigenvalue weighted by Crippen LogP contribution is 2.38. The van der Waals surface area contributed by atoms with E-state index in [-0.39, 0.29) is 5.91 Å². The summed E-state index contributed by atoms with van der Waals surface area (Å²) in [4.78, 5) is 14.0. The third-order valence-corrected chi connectivity index (χ3v) is 6.85. The summed E-state index contributed by atoms with van der Waals surface area (Å²) in [5, 5.41) is 25.1. The number of aryl methyl sites for hydroxylation is 1. The molecule has 0 unspecified atom stereocenters. The average molecular weight is 411 g/mol. The zero-order valence-electron chi connectivity index (χ0n) is 15.3. The van der Waals surface area contributed by atoms with Crippen LogP contribution in [0.5, 0.6) is 0 Å². The Morgan fingerprint density at radius 3 is 2.89 bits per heavy atom. The van der Waals surface area contributed by atoms with Crippen LogP contribution in [0.4, 0.5) is 5.00 Å². The molecule has 0 aliphatic heterocycles. The number of fused-ring (bicyclic) bond motifs is 1. The van der Waals surface area contributed by atoms with Crippen LogP contribution in [0, 0.1) is 11.3 Å². The summed E-state index contributed by atoms with van der Waals surface area (Å²) >= 11 is 2.81. The second-order valence-electron chi connectivity index (χ2n) is 6.48. The molecule has 1 aliphatic carbocycles. The van der Waals surface area contributed by atoms with E-state index in [4.69, 9.17) is 0 Å². The van der Waals surface area contributed by atoms with Crippen LogP contribution in [0.2, 0.25) is 0 Å². The number of carbonyl (C=O) groups excluding carboxylic acids is 1. The Morgan fingerprint density at radius 1 is 1.32 bits per heavy atom. The lowest BCUT2D eigenvalue weighted by Crippen LogP contribution is -2.23. The van der Waals surface area contributed by atoms with Gasteiger partial charge in [0.1, 0.15) is 11.1 Å². The minimum absolute atomic E-state index is 0.164. The molecule has 3 aromatic rings. The molecule has 2 heterocycles. The van der Waals surface area contributed by atoms with Gasteiger partial charge >= 0.3 is 0 Å². The van der Waals surface area contributed by atoms with Crippen LogP contribution < -0.4 is 5.32 Å². The topological polar surface area (TPSA) is 96.5 Å². The van der Waals surface area contributed by atoms with Gasteiger partial charge in [-0.2, -0.15) is 9.94 Å². The number of anilines is 1. The first-order chi connectivity index (χ1) is 13.7. The fourth-order valence-corrected chi connectivity index (χ4v) is 5.23. The van der Waals surface area contributed by atoms with Crippen molar-refractivity contribution in [1.82, 2.24) is 20.2 Å². The van der Waals surface area contributed by atoms with Gasteiger partial charge in [0.05, 0.1) is 16.5 Å². The van der Waals surface area contributed by atoms with Gasteiger partial charge in [0.25, 0.3) is 0 Å². The van der Waals surface area contributed by atoms with Crippen LogP contribution >= 0.6 is 23.1 Å². The monoisotopic (exact) mass is 410 g/mol. The summed E-state index contributed by atoms with van der Waals surface area (Å²) in [7, 11) is 0. The number of thiophene rings is 1. The van der Waals surface area contributed by atoms with Gasteiger partial charge in [-0.05, 0) is 60.7 Å². The summed E-state index contributed by atoms with van der Waals surface area (Å²) in [6, 6.07) is 11.8. The number of aromatic nitrogens is 4. The fraction of sp³-hybridized carbons (Fsp3) is 0.316. The second-order valence-corrected chi connectivity index (χ2v) is 8.90. The molecule has 28 heavy (non-hydrogen) atoms. The van der Waals surface area contributed by atoms with Gasteiger partial charge in [-0.3, -0.25) is 4.79 Å². The third-order valence-electron chi connectivity index (χ3n) is 4.61. The molecule has 4 rings (SSSR count). The molecule has 0 radical (unpaired) electrons. The summed E-state index contributed by atoms with van der Waals surface area (Å²) in [5.41, 5.74) is 2.57. The normalized spacial score (nSPS) is 14.1. The van der Waals surface area contributed by atoms with E-state index in [1.807, 2.05) is 37.3 Å². The van der Waals surface area contributed by atoms with Gasteiger partial charge in [-0.1, -0.05) is 30.0 Å². The van der Waals surface area contributed by atoms with Crippen LogP contribution in [0.25, 0.3) is 5.69 Å². The van der Waals surface area contributed by atoms with E-state index in [2.05, 4.69) is 26.9 Å². The van der Waals surface area contributed by atoms with Gasteiger partial charge in [0.15, 0.2) is 0 Å². The highest BCUT2D eigenvalue weighted by molar-refractivity contribution is 8.00. The van der Waals surface area contributed by atoms with E-state index in [1.54, 1.807) is 4.68 Å². The number of nitrogens with zero attached hydrogens (tertiary/aromatic N) is 5. The number of nitrogens with one attached hydrogen (secondary N) is 1. The Kier molecular flexibility index (Phi) is 5.41. The van der Waals surface area contributed by atoms with Crippen molar-refractivity contribution in [2.24, 2.45) is 0 Å². The zero-order valence-corrected chi connectivity index (χ0v) is 16.9.